The van der Waals surface area contributed by atoms with Crippen molar-refractivity contribution in [3.8, 4) is 0 Å². The zero-order valence-corrected chi connectivity index (χ0v) is 15.2. The van der Waals surface area contributed by atoms with Gasteiger partial charge in [-0.25, -0.2) is 0 Å². The lowest BCUT2D eigenvalue weighted by atomic mass is 10.1. The van der Waals surface area contributed by atoms with E-state index >= 15 is 0 Å². The number of H-pyrrole nitrogens is 1. The molecule has 6 heteroatoms. The summed E-state index contributed by atoms with van der Waals surface area (Å²) in [5.74, 6) is 0.0268. The van der Waals surface area contributed by atoms with Crippen LogP contribution in [-0.4, -0.2) is 58.6 Å². The van der Waals surface area contributed by atoms with E-state index < -0.39 is 0 Å². The minimum Gasteiger partial charge on any atom is -0.322 e. The van der Waals surface area contributed by atoms with E-state index in [-0.39, 0.29) is 5.91 Å². The minimum atomic E-state index is 0.0268. The molecule has 1 aromatic heterocycles. The Morgan fingerprint density at radius 2 is 2.12 bits per heavy atom. The van der Waals surface area contributed by atoms with Crippen molar-refractivity contribution < 1.29 is 4.79 Å². The van der Waals surface area contributed by atoms with Gasteiger partial charge in [0.15, 0.2) is 0 Å². The van der Waals surface area contributed by atoms with E-state index in [1.807, 2.05) is 19.9 Å². The molecule has 25 heavy (non-hydrogen) atoms. The van der Waals surface area contributed by atoms with E-state index in [0.29, 0.717) is 12.6 Å². The smallest absolute Gasteiger partial charge is 0.238 e. The van der Waals surface area contributed by atoms with Gasteiger partial charge in [0.1, 0.15) is 0 Å². The van der Waals surface area contributed by atoms with Crippen molar-refractivity contribution in [2.45, 2.75) is 32.9 Å². The van der Waals surface area contributed by atoms with Crippen LogP contribution in [0.2, 0.25) is 0 Å². The van der Waals surface area contributed by atoms with Gasteiger partial charge < -0.3 is 5.32 Å². The molecular weight excluding hydrogens is 314 g/mol. The van der Waals surface area contributed by atoms with E-state index in [1.165, 1.54) is 5.56 Å². The SMILES string of the molecule is Cc1n[nH]c(C)c1NC(=O)CN1CCC(N(C)Cc2ccccc2)C1. The topological polar surface area (TPSA) is 64.3 Å². The van der Waals surface area contributed by atoms with Gasteiger partial charge in [-0.05, 0) is 32.9 Å². The fourth-order valence-electron chi connectivity index (χ4n) is 3.43. The predicted molar refractivity (Wildman–Crippen MR) is 99.4 cm³/mol. The first-order valence-electron chi connectivity index (χ1n) is 8.81. The molecule has 0 bridgehead atoms. The molecule has 1 aliphatic heterocycles. The number of aromatic nitrogens is 2. The summed E-state index contributed by atoms with van der Waals surface area (Å²) >= 11 is 0. The van der Waals surface area contributed by atoms with Gasteiger partial charge >= 0.3 is 0 Å². The van der Waals surface area contributed by atoms with E-state index in [2.05, 4.69) is 56.6 Å². The molecule has 6 nitrogen and oxygen atoms in total. The number of rotatable bonds is 6. The third kappa shape index (κ3) is 4.46. The number of amides is 1. The van der Waals surface area contributed by atoms with Gasteiger partial charge in [-0.15, -0.1) is 0 Å². The molecule has 3 rings (SSSR count). The molecule has 134 valence electrons. The van der Waals surface area contributed by atoms with Crippen LogP contribution in [-0.2, 0) is 11.3 Å². The molecule has 0 saturated carbocycles. The standard InChI is InChI=1S/C19H27N5O/c1-14-19(15(2)22-21-14)20-18(25)13-24-10-9-17(12-24)23(3)11-16-7-5-4-6-8-16/h4-8,17H,9-13H2,1-3H3,(H,20,25)(H,21,22). The van der Waals surface area contributed by atoms with Gasteiger partial charge in [0, 0.05) is 25.7 Å². The van der Waals surface area contributed by atoms with E-state index in [1.54, 1.807) is 0 Å². The van der Waals surface area contributed by atoms with Crippen LogP contribution < -0.4 is 5.32 Å². The number of nitrogens with one attached hydrogen (secondary N) is 2. The highest BCUT2D eigenvalue weighted by atomic mass is 16.2. The molecule has 0 aliphatic carbocycles. The van der Waals surface area contributed by atoms with Crippen LogP contribution in [0.15, 0.2) is 30.3 Å². The molecule has 1 unspecified atom stereocenters. The van der Waals surface area contributed by atoms with Gasteiger partial charge in [-0.3, -0.25) is 19.7 Å². The molecule has 1 atom stereocenters. The fourth-order valence-corrected chi connectivity index (χ4v) is 3.43. The molecule has 2 aromatic rings. The molecule has 1 aliphatic rings. The average Bonchev–Trinajstić information content (AvgIpc) is 3.18. The number of hydrogen-bond acceptors (Lipinski definition) is 4. The summed E-state index contributed by atoms with van der Waals surface area (Å²) in [5, 5.41) is 9.99. The Labute approximate surface area is 149 Å². The van der Waals surface area contributed by atoms with E-state index in [4.69, 9.17) is 0 Å². The van der Waals surface area contributed by atoms with Crippen LogP contribution in [0.25, 0.3) is 0 Å². The summed E-state index contributed by atoms with van der Waals surface area (Å²) in [6, 6.07) is 11.0. The second-order valence-electron chi connectivity index (χ2n) is 6.94. The van der Waals surface area contributed by atoms with Crippen molar-refractivity contribution in [2.75, 3.05) is 32.0 Å². The number of anilines is 1. The van der Waals surface area contributed by atoms with E-state index in [9.17, 15) is 4.79 Å². The summed E-state index contributed by atoms with van der Waals surface area (Å²) in [6.07, 6.45) is 1.10. The van der Waals surface area contributed by atoms with Gasteiger partial charge in [0.05, 0.1) is 23.6 Å². The Hall–Kier alpha value is -2.18. The lowest BCUT2D eigenvalue weighted by Crippen LogP contribution is -2.37. The van der Waals surface area contributed by atoms with Crippen molar-refractivity contribution in [3.05, 3.63) is 47.3 Å². The summed E-state index contributed by atoms with van der Waals surface area (Å²) in [7, 11) is 2.17. The van der Waals surface area contributed by atoms with Crippen LogP contribution >= 0.6 is 0 Å². The van der Waals surface area contributed by atoms with Gasteiger partial charge in [-0.1, -0.05) is 30.3 Å². The number of likely N-dealkylation sites (tertiary alicyclic amines) is 1. The predicted octanol–water partition coefficient (Wildman–Crippen LogP) is 2.17. The molecule has 1 amide bonds. The zero-order chi connectivity index (χ0) is 17.8. The summed E-state index contributed by atoms with van der Waals surface area (Å²) in [5.41, 5.74) is 3.86. The van der Waals surface area contributed by atoms with Crippen LogP contribution in [0, 0.1) is 13.8 Å². The van der Waals surface area contributed by atoms with Crippen molar-refractivity contribution >= 4 is 11.6 Å². The molecule has 0 radical (unpaired) electrons. The number of carbonyl (C=O) groups is 1. The first-order chi connectivity index (χ1) is 12.0. The fraction of sp³-hybridized carbons (Fsp3) is 0.474. The number of aromatic amines is 1. The highest BCUT2D eigenvalue weighted by Crippen LogP contribution is 2.18. The Morgan fingerprint density at radius 3 is 2.80 bits per heavy atom. The number of aryl methyl sites for hydroxylation is 2. The first-order valence-corrected chi connectivity index (χ1v) is 8.81. The van der Waals surface area contributed by atoms with E-state index in [0.717, 1.165) is 43.1 Å². The summed E-state index contributed by atoms with van der Waals surface area (Å²) in [4.78, 5) is 16.9. The van der Waals surface area contributed by atoms with Crippen LogP contribution in [0.3, 0.4) is 0 Å². The largest absolute Gasteiger partial charge is 0.322 e. The second-order valence-corrected chi connectivity index (χ2v) is 6.94. The number of likely N-dealkylation sites (N-methyl/N-ethyl adjacent to an activating group) is 1. The number of carbonyl (C=O) groups excluding carboxylic acids is 1. The molecular formula is C19H27N5O. The molecule has 2 N–H and O–H groups in total. The molecule has 1 fully saturated rings. The van der Waals surface area contributed by atoms with Crippen LogP contribution in [0.5, 0.6) is 0 Å². The third-order valence-electron chi connectivity index (χ3n) is 4.91. The third-order valence-corrected chi connectivity index (χ3v) is 4.91. The highest BCUT2D eigenvalue weighted by molar-refractivity contribution is 5.93. The number of benzene rings is 1. The Morgan fingerprint density at radius 1 is 1.36 bits per heavy atom. The summed E-state index contributed by atoms with van der Waals surface area (Å²) < 4.78 is 0. The monoisotopic (exact) mass is 341 g/mol. The highest BCUT2D eigenvalue weighted by Gasteiger charge is 2.27. The molecule has 0 spiro atoms. The lowest BCUT2D eigenvalue weighted by Gasteiger charge is -2.24. The zero-order valence-electron chi connectivity index (χ0n) is 15.2. The Kier molecular flexibility index (Phi) is 5.50. The van der Waals surface area contributed by atoms with Crippen molar-refractivity contribution in [1.29, 1.82) is 0 Å². The van der Waals surface area contributed by atoms with Gasteiger partial charge in [-0.2, -0.15) is 5.10 Å². The van der Waals surface area contributed by atoms with Crippen LogP contribution in [0.4, 0.5) is 5.69 Å². The van der Waals surface area contributed by atoms with Gasteiger partial charge in [0.2, 0.25) is 5.91 Å². The maximum absolute atomic E-state index is 12.3. The lowest BCUT2D eigenvalue weighted by molar-refractivity contribution is -0.117. The number of nitrogens with zero attached hydrogens (tertiary/aromatic N) is 3. The molecule has 1 saturated heterocycles. The quantitative estimate of drug-likeness (QED) is 0.845. The summed E-state index contributed by atoms with van der Waals surface area (Å²) in [6.45, 7) is 7.07. The Balaban J connectivity index is 1.48. The second kappa shape index (κ2) is 7.80. The van der Waals surface area contributed by atoms with Gasteiger partial charge in [0.25, 0.3) is 0 Å². The molecule has 1 aromatic carbocycles. The average molecular weight is 341 g/mol. The number of hydrogen-bond donors (Lipinski definition) is 2. The minimum absolute atomic E-state index is 0.0268. The van der Waals surface area contributed by atoms with Crippen molar-refractivity contribution in [2.24, 2.45) is 0 Å². The van der Waals surface area contributed by atoms with Crippen molar-refractivity contribution in [3.63, 3.8) is 0 Å². The Bertz CT molecular complexity index is 692. The molecule has 2 heterocycles. The first kappa shape index (κ1) is 17.6. The van der Waals surface area contributed by atoms with Crippen LogP contribution in [0.1, 0.15) is 23.4 Å². The van der Waals surface area contributed by atoms with Crippen molar-refractivity contribution in [1.82, 2.24) is 20.0 Å². The maximum atomic E-state index is 12.3. The maximum Gasteiger partial charge on any atom is 0.238 e. The normalized spacial score (nSPS) is 18.0.